The van der Waals surface area contributed by atoms with Gasteiger partial charge in [0.2, 0.25) is 0 Å². The van der Waals surface area contributed by atoms with E-state index in [1.807, 2.05) is 18.3 Å². The third kappa shape index (κ3) is 4.90. The maximum atomic E-state index is 4.77. The molecule has 0 aromatic carbocycles. The first kappa shape index (κ1) is 16.6. The minimum atomic E-state index is 0.702. The van der Waals surface area contributed by atoms with Crippen LogP contribution in [-0.2, 0) is 0 Å². The highest BCUT2D eigenvalue weighted by molar-refractivity contribution is 5.80. The quantitative estimate of drug-likeness (QED) is 0.669. The van der Waals surface area contributed by atoms with Crippen molar-refractivity contribution in [2.24, 2.45) is 10.9 Å². The molecule has 1 aromatic heterocycles. The molecule has 0 unspecified atom stereocenters. The second-order valence-corrected chi connectivity index (χ2v) is 6.08. The second-order valence-electron chi connectivity index (χ2n) is 6.08. The van der Waals surface area contributed by atoms with E-state index in [0.717, 1.165) is 57.5 Å². The van der Waals surface area contributed by atoms with Crippen LogP contribution in [0.15, 0.2) is 29.4 Å². The Labute approximate surface area is 134 Å². The molecular weight excluding hydrogens is 274 g/mol. The summed E-state index contributed by atoms with van der Waals surface area (Å²) in [4.78, 5) is 13.9. The molecule has 1 fully saturated rings. The fourth-order valence-corrected chi connectivity index (χ4v) is 2.54. The number of nitrogens with zero attached hydrogens (tertiary/aromatic N) is 4. The molecule has 0 amide bonds. The Morgan fingerprint density at radius 1 is 1.27 bits per heavy atom. The molecule has 2 heterocycles. The predicted molar refractivity (Wildman–Crippen MR) is 93.5 cm³/mol. The van der Waals surface area contributed by atoms with Crippen molar-refractivity contribution >= 4 is 11.8 Å². The van der Waals surface area contributed by atoms with Crippen LogP contribution >= 0.6 is 0 Å². The van der Waals surface area contributed by atoms with Crippen molar-refractivity contribution in [1.82, 2.24) is 15.2 Å². The smallest absolute Gasteiger partial charge is 0.194 e. The molecule has 0 aliphatic carbocycles. The highest BCUT2D eigenvalue weighted by atomic mass is 15.4. The fraction of sp³-hybridized carbons (Fsp3) is 0.647. The van der Waals surface area contributed by atoms with Gasteiger partial charge in [-0.3, -0.25) is 4.99 Å². The lowest BCUT2D eigenvalue weighted by Crippen LogP contribution is -2.52. The summed E-state index contributed by atoms with van der Waals surface area (Å²) in [6, 6.07) is 6.09. The van der Waals surface area contributed by atoms with Gasteiger partial charge in [-0.1, -0.05) is 19.9 Å². The summed E-state index contributed by atoms with van der Waals surface area (Å²) < 4.78 is 0. The van der Waals surface area contributed by atoms with Crippen molar-refractivity contribution in [3.8, 4) is 0 Å². The average molecular weight is 303 g/mol. The molecule has 5 heteroatoms. The summed E-state index contributed by atoms with van der Waals surface area (Å²) in [7, 11) is 0. The van der Waals surface area contributed by atoms with Gasteiger partial charge in [0, 0.05) is 45.5 Å². The van der Waals surface area contributed by atoms with Crippen LogP contribution in [0, 0.1) is 5.92 Å². The van der Waals surface area contributed by atoms with E-state index in [9.17, 15) is 0 Å². The lowest BCUT2D eigenvalue weighted by molar-refractivity contribution is 0.371. The third-order valence-corrected chi connectivity index (χ3v) is 3.86. The zero-order valence-electron chi connectivity index (χ0n) is 14.1. The Balaban J connectivity index is 1.90. The fourth-order valence-electron chi connectivity index (χ4n) is 2.54. The summed E-state index contributed by atoms with van der Waals surface area (Å²) in [6.45, 7) is 12.4. The molecule has 1 aliphatic heterocycles. The van der Waals surface area contributed by atoms with Crippen LogP contribution in [0.5, 0.6) is 0 Å². The number of anilines is 1. The van der Waals surface area contributed by atoms with Crippen molar-refractivity contribution in [2.45, 2.75) is 27.2 Å². The molecule has 122 valence electrons. The molecule has 22 heavy (non-hydrogen) atoms. The van der Waals surface area contributed by atoms with E-state index in [1.165, 1.54) is 0 Å². The molecule has 1 N–H and O–H groups in total. The summed E-state index contributed by atoms with van der Waals surface area (Å²) in [5.41, 5.74) is 0. The number of rotatable bonds is 5. The van der Waals surface area contributed by atoms with Gasteiger partial charge in [0.15, 0.2) is 5.96 Å². The minimum absolute atomic E-state index is 0.702. The highest BCUT2D eigenvalue weighted by Gasteiger charge is 2.20. The topological polar surface area (TPSA) is 43.8 Å². The molecule has 2 rings (SSSR count). The first-order valence-electron chi connectivity index (χ1n) is 8.40. The SMILES string of the molecule is CCNC(=NCCC(C)C)N1CCN(c2ccccn2)CC1. The van der Waals surface area contributed by atoms with E-state index >= 15 is 0 Å². The molecule has 0 saturated carbocycles. The van der Waals surface area contributed by atoms with Gasteiger partial charge in [0.1, 0.15) is 5.82 Å². The van der Waals surface area contributed by atoms with E-state index < -0.39 is 0 Å². The van der Waals surface area contributed by atoms with Crippen LogP contribution in [-0.4, -0.2) is 55.1 Å². The van der Waals surface area contributed by atoms with Gasteiger partial charge < -0.3 is 15.1 Å². The highest BCUT2D eigenvalue weighted by Crippen LogP contribution is 2.12. The average Bonchev–Trinajstić information content (AvgIpc) is 2.55. The maximum Gasteiger partial charge on any atom is 0.194 e. The van der Waals surface area contributed by atoms with Crippen LogP contribution < -0.4 is 10.2 Å². The van der Waals surface area contributed by atoms with Gasteiger partial charge in [0.25, 0.3) is 0 Å². The molecule has 1 aliphatic rings. The van der Waals surface area contributed by atoms with Gasteiger partial charge in [-0.15, -0.1) is 0 Å². The van der Waals surface area contributed by atoms with Crippen molar-refractivity contribution in [3.63, 3.8) is 0 Å². The summed E-state index contributed by atoms with van der Waals surface area (Å²) in [6.07, 6.45) is 3.00. The van der Waals surface area contributed by atoms with E-state index in [-0.39, 0.29) is 0 Å². The molecular formula is C17H29N5. The number of nitrogens with one attached hydrogen (secondary N) is 1. The first-order valence-corrected chi connectivity index (χ1v) is 8.40. The van der Waals surface area contributed by atoms with Crippen LogP contribution in [0.25, 0.3) is 0 Å². The molecule has 0 atom stereocenters. The van der Waals surface area contributed by atoms with Gasteiger partial charge >= 0.3 is 0 Å². The summed E-state index contributed by atoms with van der Waals surface area (Å²) in [5, 5.41) is 3.42. The van der Waals surface area contributed by atoms with Gasteiger partial charge in [-0.25, -0.2) is 4.98 Å². The van der Waals surface area contributed by atoms with Gasteiger partial charge in [0.05, 0.1) is 0 Å². The Bertz CT molecular complexity index is 449. The number of piperazine rings is 1. The molecule has 5 nitrogen and oxygen atoms in total. The third-order valence-electron chi connectivity index (χ3n) is 3.86. The van der Waals surface area contributed by atoms with E-state index in [2.05, 4.69) is 46.9 Å². The number of hydrogen-bond acceptors (Lipinski definition) is 3. The molecule has 1 aromatic rings. The predicted octanol–water partition coefficient (Wildman–Crippen LogP) is 2.22. The minimum Gasteiger partial charge on any atom is -0.357 e. The van der Waals surface area contributed by atoms with Crippen LogP contribution in [0.3, 0.4) is 0 Å². The van der Waals surface area contributed by atoms with Crippen molar-refractivity contribution in [2.75, 3.05) is 44.2 Å². The van der Waals surface area contributed by atoms with Gasteiger partial charge in [-0.2, -0.15) is 0 Å². The maximum absolute atomic E-state index is 4.77. The molecule has 1 saturated heterocycles. The zero-order chi connectivity index (χ0) is 15.8. The largest absolute Gasteiger partial charge is 0.357 e. The Morgan fingerprint density at radius 2 is 2.05 bits per heavy atom. The van der Waals surface area contributed by atoms with E-state index in [0.29, 0.717) is 5.92 Å². The Hall–Kier alpha value is -1.78. The van der Waals surface area contributed by atoms with Crippen LogP contribution in [0.2, 0.25) is 0 Å². The van der Waals surface area contributed by atoms with Crippen LogP contribution in [0.1, 0.15) is 27.2 Å². The van der Waals surface area contributed by atoms with Crippen molar-refractivity contribution in [3.05, 3.63) is 24.4 Å². The number of aromatic nitrogens is 1. The monoisotopic (exact) mass is 303 g/mol. The van der Waals surface area contributed by atoms with Crippen molar-refractivity contribution in [1.29, 1.82) is 0 Å². The number of aliphatic imine (C=N–C) groups is 1. The lowest BCUT2D eigenvalue weighted by atomic mass is 10.1. The normalized spacial score (nSPS) is 16.3. The summed E-state index contributed by atoms with van der Waals surface area (Å²) in [5.74, 6) is 2.83. The Kier molecular flexibility index (Phi) is 6.49. The molecule has 0 spiro atoms. The van der Waals surface area contributed by atoms with Crippen molar-refractivity contribution < 1.29 is 0 Å². The Morgan fingerprint density at radius 3 is 2.64 bits per heavy atom. The van der Waals surface area contributed by atoms with Gasteiger partial charge in [-0.05, 0) is 31.4 Å². The van der Waals surface area contributed by atoms with E-state index in [4.69, 9.17) is 4.99 Å². The lowest BCUT2D eigenvalue weighted by Gasteiger charge is -2.37. The number of guanidine groups is 1. The molecule has 0 bridgehead atoms. The molecule has 0 radical (unpaired) electrons. The number of pyridine rings is 1. The summed E-state index contributed by atoms with van der Waals surface area (Å²) >= 11 is 0. The van der Waals surface area contributed by atoms with E-state index in [1.54, 1.807) is 0 Å². The number of hydrogen-bond donors (Lipinski definition) is 1. The van der Waals surface area contributed by atoms with Crippen LogP contribution in [0.4, 0.5) is 5.82 Å². The first-order chi connectivity index (χ1) is 10.7. The standard InChI is InChI=1S/C17H29N5/c1-4-18-17(20-10-8-15(2)3)22-13-11-21(12-14-22)16-7-5-6-9-19-16/h5-7,9,15H,4,8,10-14H2,1-3H3,(H,18,20). The second kappa shape index (κ2) is 8.61. The zero-order valence-corrected chi connectivity index (χ0v) is 14.1.